The molecule has 0 amide bonds. The first-order chi connectivity index (χ1) is 26.0. The van der Waals surface area contributed by atoms with Crippen molar-refractivity contribution in [2.75, 3.05) is 0 Å². The molecule has 3 aromatic heterocycles. The van der Waals surface area contributed by atoms with Crippen molar-refractivity contribution in [3.05, 3.63) is 133 Å². The van der Waals surface area contributed by atoms with Crippen molar-refractivity contribution < 1.29 is 18.1 Å². The molecule has 0 aliphatic heterocycles. The van der Waals surface area contributed by atoms with Crippen LogP contribution in [0.3, 0.4) is 0 Å². The summed E-state index contributed by atoms with van der Waals surface area (Å²) in [7, 11) is 0. The molecule has 0 aliphatic rings. The van der Waals surface area contributed by atoms with Crippen LogP contribution >= 0.6 is 0 Å². The minimum atomic E-state index is -0.925. The van der Waals surface area contributed by atoms with Crippen LogP contribution in [0.4, 0.5) is 0 Å². The second kappa shape index (κ2) is 10.1. The molecule has 3 heterocycles. The van der Waals surface area contributed by atoms with Crippen LogP contribution < -0.4 is 0 Å². The van der Waals surface area contributed by atoms with E-state index in [1.807, 2.05) is 72.8 Å². The Morgan fingerprint density at radius 3 is 2.20 bits per heavy atom. The van der Waals surface area contributed by atoms with Crippen LogP contribution in [0.25, 0.3) is 86.8 Å². The maximum absolute atomic E-state index is 9.60. The van der Waals surface area contributed by atoms with E-state index in [4.69, 9.17) is 30.3 Å². The number of hydrogen-bond acceptors (Lipinski definition) is 5. The summed E-state index contributed by atoms with van der Waals surface area (Å²) >= 11 is -0.925. The third kappa shape index (κ3) is 4.15. The van der Waals surface area contributed by atoms with Gasteiger partial charge in [0.05, 0.1) is 0 Å². The fourth-order valence-corrected chi connectivity index (χ4v) is 7.29. The zero-order chi connectivity index (χ0) is 37.7. The SMILES string of the molecule is [2H]c1c([2H])c([2H])c(-c2nc3c([2H])c([2H])c4c([2H])c([2H])c(-c5nc(-c6ccccc6)nc(-c6cccc7oc8ccccc8c67)n5)c([2H])c4c3[se]2)c([2H])c1[2H]. The van der Waals surface area contributed by atoms with Gasteiger partial charge < -0.3 is 0 Å². The Balaban J connectivity index is 1.36. The van der Waals surface area contributed by atoms with Crippen LogP contribution in [0.5, 0.6) is 0 Å². The molecule has 6 aromatic carbocycles. The van der Waals surface area contributed by atoms with Crippen molar-refractivity contribution in [1.82, 2.24) is 19.9 Å². The van der Waals surface area contributed by atoms with E-state index in [2.05, 4.69) is 4.98 Å². The van der Waals surface area contributed by atoms with Crippen molar-refractivity contribution in [3.63, 3.8) is 0 Å². The van der Waals surface area contributed by atoms with Gasteiger partial charge in [0.25, 0.3) is 0 Å². The van der Waals surface area contributed by atoms with Gasteiger partial charge in [-0.05, 0) is 0 Å². The van der Waals surface area contributed by atoms with Crippen molar-refractivity contribution in [3.8, 4) is 44.3 Å². The molecule has 9 rings (SSSR count). The number of para-hydroxylation sites is 1. The monoisotopic (exact) mass is 640 g/mol. The maximum atomic E-state index is 9.60. The number of benzene rings is 6. The fraction of sp³-hybridized carbons (Fsp3) is 0. The average molecular weight is 640 g/mol. The summed E-state index contributed by atoms with van der Waals surface area (Å²) in [6.07, 6.45) is 0. The summed E-state index contributed by atoms with van der Waals surface area (Å²) in [5.41, 5.74) is 2.35. The van der Waals surface area contributed by atoms with Crippen molar-refractivity contribution in [2.24, 2.45) is 0 Å². The molecule has 0 N–H and O–H groups in total. The molecule has 0 saturated heterocycles. The predicted octanol–water partition coefficient (Wildman–Crippen LogP) is 9.20. The fourth-order valence-electron chi connectivity index (χ4n) is 5.23. The van der Waals surface area contributed by atoms with Crippen LogP contribution in [-0.2, 0) is 0 Å². The molecule has 0 radical (unpaired) electrons. The molecule has 0 bridgehead atoms. The van der Waals surface area contributed by atoms with E-state index in [-0.39, 0.29) is 61.5 Å². The van der Waals surface area contributed by atoms with Gasteiger partial charge in [0.15, 0.2) is 0 Å². The van der Waals surface area contributed by atoms with Gasteiger partial charge in [-0.25, -0.2) is 0 Å². The molecule has 5 nitrogen and oxygen atoms in total. The normalized spacial score (nSPS) is 14.8. The number of aromatic nitrogens is 4. The Morgan fingerprint density at radius 1 is 0.568 bits per heavy atom. The van der Waals surface area contributed by atoms with Gasteiger partial charge >= 0.3 is 267 Å². The molecule has 9 aromatic rings. The quantitative estimate of drug-likeness (QED) is 0.180. The summed E-state index contributed by atoms with van der Waals surface area (Å²) in [6, 6.07) is 17.9. The first-order valence-electron chi connectivity index (χ1n) is 18.6. The second-order valence-corrected chi connectivity index (χ2v) is 12.0. The van der Waals surface area contributed by atoms with Crippen molar-refractivity contribution in [2.45, 2.75) is 0 Å². The van der Waals surface area contributed by atoms with Gasteiger partial charge in [0.2, 0.25) is 0 Å². The second-order valence-electron chi connectivity index (χ2n) is 9.90. The third-order valence-electron chi connectivity index (χ3n) is 7.22. The van der Waals surface area contributed by atoms with Gasteiger partial charge in [-0.15, -0.1) is 0 Å². The molecule has 0 atom stereocenters. The molecule has 0 aliphatic carbocycles. The number of furan rings is 1. The molecule has 6 heteroatoms. The number of fused-ring (bicyclic) bond motifs is 6. The van der Waals surface area contributed by atoms with Crippen LogP contribution in [0.2, 0.25) is 0 Å². The first-order valence-corrected chi connectivity index (χ1v) is 15.3. The zero-order valence-corrected chi connectivity index (χ0v) is 24.2. The zero-order valence-electron chi connectivity index (χ0n) is 32.5. The molecule has 0 saturated carbocycles. The van der Waals surface area contributed by atoms with E-state index in [0.717, 1.165) is 10.8 Å². The first kappa shape index (κ1) is 17.0. The van der Waals surface area contributed by atoms with Crippen molar-refractivity contribution >= 4 is 57.0 Å². The third-order valence-corrected chi connectivity index (χ3v) is 9.51. The number of hydrogen-bond donors (Lipinski definition) is 0. The Hall–Kier alpha value is -5.42. The van der Waals surface area contributed by atoms with E-state index in [9.17, 15) is 2.74 Å². The van der Waals surface area contributed by atoms with Gasteiger partial charge in [-0.1, -0.05) is 6.07 Å². The summed E-state index contributed by atoms with van der Waals surface area (Å²) in [6.45, 7) is 0. The molecular formula is C38H22N4OSe. The van der Waals surface area contributed by atoms with E-state index in [1.54, 1.807) is 0 Å². The summed E-state index contributed by atoms with van der Waals surface area (Å²) < 4.78 is 93.7. The van der Waals surface area contributed by atoms with E-state index >= 15 is 0 Å². The van der Waals surface area contributed by atoms with E-state index in [0.29, 0.717) is 26.6 Å². The Bertz CT molecular complexity index is 3050. The topological polar surface area (TPSA) is 64.7 Å². The number of rotatable bonds is 4. The Morgan fingerprint density at radius 2 is 1.32 bits per heavy atom. The van der Waals surface area contributed by atoms with Crippen LogP contribution in [-0.4, -0.2) is 34.4 Å². The molecule has 0 fully saturated rings. The summed E-state index contributed by atoms with van der Waals surface area (Å²) in [4.78, 5) is 19.0. The van der Waals surface area contributed by atoms with Gasteiger partial charge in [-0.2, -0.15) is 0 Å². The average Bonchev–Trinajstić information content (AvgIpc) is 3.79. The van der Waals surface area contributed by atoms with Gasteiger partial charge in [0.1, 0.15) is 0 Å². The predicted molar refractivity (Wildman–Crippen MR) is 179 cm³/mol. The molecule has 0 spiro atoms. The van der Waals surface area contributed by atoms with Crippen LogP contribution in [0.1, 0.15) is 13.7 Å². The molecule has 0 unspecified atom stereocenters. The molecule has 206 valence electrons. The van der Waals surface area contributed by atoms with E-state index in [1.165, 1.54) is 0 Å². The summed E-state index contributed by atoms with van der Waals surface area (Å²) in [5.74, 6) is 0.446. The van der Waals surface area contributed by atoms with Crippen LogP contribution in [0, 0.1) is 0 Å². The van der Waals surface area contributed by atoms with Crippen LogP contribution in [0.15, 0.2) is 138 Å². The van der Waals surface area contributed by atoms with Gasteiger partial charge in [0, 0.05) is 0 Å². The van der Waals surface area contributed by atoms with Crippen molar-refractivity contribution in [1.29, 1.82) is 0 Å². The summed E-state index contributed by atoms with van der Waals surface area (Å²) in [5, 5.41) is 1.61. The Labute approximate surface area is 272 Å². The minimum absolute atomic E-state index is 0.0192. The van der Waals surface area contributed by atoms with Gasteiger partial charge in [-0.3, -0.25) is 0 Å². The standard InChI is InChI=1S/C38H22N4OSe/c1-3-10-24(11-4-1)35-40-36(42-37(41-35)28-15-9-17-32-33(28)27-14-7-8-16-31(27)43-32)26-19-18-23-20-21-30-34(29(23)22-26)44-38(39-30)25-12-5-2-6-13-25/h1-22H/i2D,5D,6D,12D,13D,18D,19D,20D,21D,22D. The number of nitrogens with zero attached hydrogens (tertiary/aromatic N) is 4. The molecular weight excluding hydrogens is 607 g/mol. The molecule has 44 heavy (non-hydrogen) atoms. The van der Waals surface area contributed by atoms with E-state index < -0.39 is 62.8 Å². The Kier molecular flexibility index (Phi) is 3.90.